The van der Waals surface area contributed by atoms with Crippen molar-refractivity contribution >= 4 is 18.2 Å². The molecule has 9 heteroatoms. The molecule has 0 aliphatic heterocycles. The van der Waals surface area contributed by atoms with Gasteiger partial charge in [-0.15, -0.1) is 0 Å². The Labute approximate surface area is 141 Å². The van der Waals surface area contributed by atoms with Gasteiger partial charge in [-0.1, -0.05) is 0 Å². The number of carboxylic acids is 1. The van der Waals surface area contributed by atoms with Gasteiger partial charge in [-0.25, -0.2) is 14.4 Å². The first-order valence-corrected chi connectivity index (χ1v) is 7.79. The van der Waals surface area contributed by atoms with Crippen molar-refractivity contribution in [2.24, 2.45) is 0 Å². The fraction of sp³-hybridized carbons (Fsp3) is 0.800. The molecule has 0 aliphatic rings. The summed E-state index contributed by atoms with van der Waals surface area (Å²) in [6.45, 7) is 5.72. The SMILES string of the molecule is CN(CCCNC(=O)O[C@@H](CCCO)C(=O)O)C(=O)OC(C)(C)C. The number of hydrogen-bond acceptors (Lipinski definition) is 6. The number of alkyl carbamates (subject to hydrolysis) is 1. The van der Waals surface area contributed by atoms with E-state index in [1.807, 2.05) is 0 Å². The molecule has 0 unspecified atom stereocenters. The van der Waals surface area contributed by atoms with Gasteiger partial charge < -0.3 is 29.9 Å². The van der Waals surface area contributed by atoms with Gasteiger partial charge in [0.05, 0.1) is 0 Å². The van der Waals surface area contributed by atoms with Crippen molar-refractivity contribution in [3.8, 4) is 0 Å². The van der Waals surface area contributed by atoms with E-state index < -0.39 is 29.9 Å². The maximum absolute atomic E-state index is 11.7. The highest BCUT2D eigenvalue weighted by atomic mass is 16.6. The molecule has 1 atom stereocenters. The van der Waals surface area contributed by atoms with Crippen LogP contribution in [0.15, 0.2) is 0 Å². The van der Waals surface area contributed by atoms with Crippen LogP contribution >= 0.6 is 0 Å². The van der Waals surface area contributed by atoms with E-state index >= 15 is 0 Å². The van der Waals surface area contributed by atoms with E-state index in [0.717, 1.165) is 0 Å². The number of carbonyl (C=O) groups is 3. The number of nitrogens with zero attached hydrogens (tertiary/aromatic N) is 1. The molecule has 0 radical (unpaired) electrons. The molecule has 0 rings (SSSR count). The smallest absolute Gasteiger partial charge is 0.410 e. The van der Waals surface area contributed by atoms with Crippen LogP contribution in [0.2, 0.25) is 0 Å². The molecule has 0 aromatic carbocycles. The fourth-order valence-electron chi connectivity index (χ4n) is 1.62. The van der Waals surface area contributed by atoms with Gasteiger partial charge in [0.15, 0.2) is 0 Å². The molecular formula is C15H28N2O7. The highest BCUT2D eigenvalue weighted by molar-refractivity contribution is 5.77. The Hall–Kier alpha value is -2.03. The van der Waals surface area contributed by atoms with Crippen LogP contribution in [0.4, 0.5) is 9.59 Å². The third-order valence-electron chi connectivity index (χ3n) is 2.79. The highest BCUT2D eigenvalue weighted by Gasteiger charge is 2.22. The number of ether oxygens (including phenoxy) is 2. The van der Waals surface area contributed by atoms with Gasteiger partial charge in [0.1, 0.15) is 5.60 Å². The Morgan fingerprint density at radius 2 is 1.83 bits per heavy atom. The molecule has 140 valence electrons. The van der Waals surface area contributed by atoms with E-state index in [9.17, 15) is 14.4 Å². The summed E-state index contributed by atoms with van der Waals surface area (Å²) in [7, 11) is 1.59. The lowest BCUT2D eigenvalue weighted by atomic mass is 10.2. The summed E-state index contributed by atoms with van der Waals surface area (Å²) in [5, 5.41) is 20.0. The van der Waals surface area contributed by atoms with Crippen LogP contribution in [0.25, 0.3) is 0 Å². The first kappa shape index (κ1) is 22.0. The fourth-order valence-corrected chi connectivity index (χ4v) is 1.62. The van der Waals surface area contributed by atoms with Gasteiger partial charge in [-0.2, -0.15) is 0 Å². The lowest BCUT2D eigenvalue weighted by Gasteiger charge is -2.24. The normalized spacial score (nSPS) is 12.2. The summed E-state index contributed by atoms with van der Waals surface area (Å²) in [6.07, 6.45) is -1.87. The number of aliphatic carboxylic acids is 1. The van der Waals surface area contributed by atoms with E-state index in [4.69, 9.17) is 19.7 Å². The number of carboxylic acid groups (broad SMARTS) is 1. The number of rotatable bonds is 9. The van der Waals surface area contributed by atoms with Crippen LogP contribution in [0, 0.1) is 0 Å². The quantitative estimate of drug-likeness (QED) is 0.534. The lowest BCUT2D eigenvalue weighted by Crippen LogP contribution is -2.37. The van der Waals surface area contributed by atoms with Crippen molar-refractivity contribution in [3.05, 3.63) is 0 Å². The number of amides is 2. The summed E-state index contributed by atoms with van der Waals surface area (Å²) in [5.74, 6) is -1.26. The molecule has 24 heavy (non-hydrogen) atoms. The monoisotopic (exact) mass is 348 g/mol. The Kier molecular flexibility index (Phi) is 9.79. The molecule has 0 aromatic heterocycles. The topological polar surface area (TPSA) is 125 Å². The van der Waals surface area contributed by atoms with Crippen LogP contribution in [-0.2, 0) is 14.3 Å². The summed E-state index contributed by atoms with van der Waals surface area (Å²) >= 11 is 0. The zero-order valence-electron chi connectivity index (χ0n) is 14.7. The predicted molar refractivity (Wildman–Crippen MR) is 85.7 cm³/mol. The number of aliphatic hydroxyl groups excluding tert-OH is 1. The molecule has 0 heterocycles. The van der Waals surface area contributed by atoms with E-state index in [0.29, 0.717) is 13.0 Å². The molecule has 9 nitrogen and oxygen atoms in total. The molecular weight excluding hydrogens is 320 g/mol. The van der Waals surface area contributed by atoms with Gasteiger partial charge in [-0.05, 0) is 40.0 Å². The average Bonchev–Trinajstić information content (AvgIpc) is 2.45. The minimum Gasteiger partial charge on any atom is -0.479 e. The summed E-state index contributed by atoms with van der Waals surface area (Å²) in [5.41, 5.74) is -0.576. The third-order valence-corrected chi connectivity index (χ3v) is 2.79. The molecule has 0 saturated carbocycles. The van der Waals surface area contributed by atoms with Gasteiger partial charge in [0, 0.05) is 26.7 Å². The Morgan fingerprint density at radius 3 is 2.33 bits per heavy atom. The van der Waals surface area contributed by atoms with Crippen molar-refractivity contribution in [3.63, 3.8) is 0 Å². The third kappa shape index (κ3) is 10.7. The van der Waals surface area contributed by atoms with Crippen molar-refractivity contribution in [1.29, 1.82) is 0 Å². The van der Waals surface area contributed by atoms with E-state index in [2.05, 4.69) is 5.32 Å². The largest absolute Gasteiger partial charge is 0.479 e. The first-order chi connectivity index (χ1) is 11.1. The van der Waals surface area contributed by atoms with E-state index in [1.54, 1.807) is 27.8 Å². The molecule has 0 saturated heterocycles. The van der Waals surface area contributed by atoms with Crippen LogP contribution in [0.3, 0.4) is 0 Å². The molecule has 0 fully saturated rings. The Bertz CT molecular complexity index is 421. The minimum atomic E-state index is -1.29. The van der Waals surface area contributed by atoms with Crippen molar-refractivity contribution in [1.82, 2.24) is 10.2 Å². The van der Waals surface area contributed by atoms with Crippen LogP contribution < -0.4 is 5.32 Å². The summed E-state index contributed by atoms with van der Waals surface area (Å²) in [6, 6.07) is 0. The van der Waals surface area contributed by atoms with Gasteiger partial charge in [0.25, 0.3) is 0 Å². The summed E-state index contributed by atoms with van der Waals surface area (Å²) in [4.78, 5) is 35.5. The van der Waals surface area contributed by atoms with E-state index in [-0.39, 0.29) is 26.0 Å². The second-order valence-corrected chi connectivity index (χ2v) is 6.28. The zero-order valence-corrected chi connectivity index (χ0v) is 14.7. The Balaban J connectivity index is 4.03. The Morgan fingerprint density at radius 1 is 1.21 bits per heavy atom. The zero-order chi connectivity index (χ0) is 18.8. The van der Waals surface area contributed by atoms with Crippen molar-refractivity contribution in [2.75, 3.05) is 26.7 Å². The lowest BCUT2D eigenvalue weighted by molar-refractivity contribution is -0.147. The summed E-state index contributed by atoms with van der Waals surface area (Å²) < 4.78 is 9.95. The minimum absolute atomic E-state index is 0.0423. The number of aliphatic hydroxyl groups is 1. The van der Waals surface area contributed by atoms with Crippen molar-refractivity contribution < 1.29 is 34.1 Å². The van der Waals surface area contributed by atoms with Crippen LogP contribution in [0.5, 0.6) is 0 Å². The standard InChI is InChI=1S/C15H28N2O7/c1-15(2,3)24-14(22)17(4)9-6-8-16-13(21)23-11(12(19)20)7-5-10-18/h11,18H,5-10H2,1-4H3,(H,16,21)(H,19,20)/t11-/m0/s1. The molecule has 0 bridgehead atoms. The van der Waals surface area contributed by atoms with E-state index in [1.165, 1.54) is 4.90 Å². The molecule has 0 spiro atoms. The van der Waals surface area contributed by atoms with Crippen LogP contribution in [-0.4, -0.2) is 71.7 Å². The second kappa shape index (κ2) is 10.7. The maximum atomic E-state index is 11.7. The van der Waals surface area contributed by atoms with Gasteiger partial charge >= 0.3 is 18.2 Å². The molecule has 0 aliphatic carbocycles. The highest BCUT2D eigenvalue weighted by Crippen LogP contribution is 2.09. The second-order valence-electron chi connectivity index (χ2n) is 6.28. The van der Waals surface area contributed by atoms with Crippen molar-refractivity contribution in [2.45, 2.75) is 51.7 Å². The van der Waals surface area contributed by atoms with Gasteiger partial charge in [-0.3, -0.25) is 0 Å². The average molecular weight is 348 g/mol. The predicted octanol–water partition coefficient (Wildman–Crippen LogP) is 1.20. The van der Waals surface area contributed by atoms with Crippen LogP contribution in [0.1, 0.15) is 40.0 Å². The first-order valence-electron chi connectivity index (χ1n) is 7.79. The maximum Gasteiger partial charge on any atom is 0.410 e. The molecule has 2 amide bonds. The number of nitrogens with one attached hydrogen (secondary N) is 1. The molecule has 0 aromatic rings. The number of carbonyl (C=O) groups excluding carboxylic acids is 2. The molecule has 3 N–H and O–H groups in total. The number of hydrogen-bond donors (Lipinski definition) is 3. The van der Waals surface area contributed by atoms with Gasteiger partial charge in [0.2, 0.25) is 6.10 Å².